The fourth-order valence-electron chi connectivity index (χ4n) is 5.18. The van der Waals surface area contributed by atoms with Gasteiger partial charge in [-0.3, -0.25) is 0 Å². The number of piperidine rings is 1. The summed E-state index contributed by atoms with van der Waals surface area (Å²) in [6.07, 6.45) is 6.54. The van der Waals surface area contributed by atoms with Crippen LogP contribution in [0.25, 0.3) is 0 Å². The number of hydrogen-bond donors (Lipinski definition) is 0. The van der Waals surface area contributed by atoms with Gasteiger partial charge in [-0.05, 0) is 37.0 Å². The van der Waals surface area contributed by atoms with Crippen LogP contribution in [0.15, 0.2) is 30.3 Å². The predicted octanol–water partition coefficient (Wildman–Crippen LogP) is 5.39. The van der Waals surface area contributed by atoms with E-state index in [9.17, 15) is 0 Å². The molecule has 0 saturated carbocycles. The predicted molar refractivity (Wildman–Crippen MR) is 111 cm³/mol. The Morgan fingerprint density at radius 1 is 1.07 bits per heavy atom. The van der Waals surface area contributed by atoms with E-state index in [0.717, 1.165) is 26.1 Å². The highest BCUT2D eigenvalue weighted by molar-refractivity contribution is 5.13. The van der Waals surface area contributed by atoms with Gasteiger partial charge in [-0.15, -0.1) is 0 Å². The van der Waals surface area contributed by atoms with Gasteiger partial charge in [0.1, 0.15) is 19.2 Å². The molecule has 3 atom stereocenters. The number of benzene rings is 1. The number of quaternary nitrogens is 1. The maximum absolute atomic E-state index is 6.37. The standard InChI is InChI=1S/C24H40NO2/c1-20(16-24(2,3)4)15-23-26-19-22(27-23)18-25(13-9-6-10-14-25)17-21-11-7-5-8-12-21/h5,7-8,11-12,20,22-23H,6,9-10,13-19H2,1-4H3/q+1/t20-,22-,23-/m0/s1. The van der Waals surface area contributed by atoms with Crippen molar-refractivity contribution in [1.29, 1.82) is 0 Å². The first kappa shape index (κ1) is 20.8. The Morgan fingerprint density at radius 3 is 2.44 bits per heavy atom. The van der Waals surface area contributed by atoms with Gasteiger partial charge in [0, 0.05) is 12.0 Å². The molecule has 3 rings (SSSR count). The second-order valence-corrected chi connectivity index (χ2v) is 10.3. The van der Waals surface area contributed by atoms with Crippen LogP contribution >= 0.6 is 0 Å². The molecule has 2 fully saturated rings. The zero-order chi connectivity index (χ0) is 19.3. The summed E-state index contributed by atoms with van der Waals surface area (Å²) >= 11 is 0. The average Bonchev–Trinajstić information content (AvgIpc) is 3.01. The van der Waals surface area contributed by atoms with Gasteiger partial charge in [0.15, 0.2) is 6.29 Å². The lowest BCUT2D eigenvalue weighted by Gasteiger charge is -2.42. The van der Waals surface area contributed by atoms with Crippen molar-refractivity contribution in [3.05, 3.63) is 35.9 Å². The first-order chi connectivity index (χ1) is 12.8. The van der Waals surface area contributed by atoms with E-state index in [1.165, 1.54) is 48.8 Å². The summed E-state index contributed by atoms with van der Waals surface area (Å²) in [7, 11) is 0. The molecule has 2 aliphatic heterocycles. The Bertz CT molecular complexity index is 559. The monoisotopic (exact) mass is 374 g/mol. The highest BCUT2D eigenvalue weighted by Gasteiger charge is 2.38. The van der Waals surface area contributed by atoms with Gasteiger partial charge in [0.2, 0.25) is 0 Å². The van der Waals surface area contributed by atoms with Gasteiger partial charge in [-0.25, -0.2) is 0 Å². The Balaban J connectivity index is 1.55. The molecule has 0 spiro atoms. The third-order valence-electron chi connectivity index (χ3n) is 6.08. The van der Waals surface area contributed by atoms with E-state index in [1.54, 1.807) is 0 Å². The van der Waals surface area contributed by atoms with Crippen LogP contribution in [-0.2, 0) is 16.0 Å². The molecule has 0 bridgehead atoms. The number of nitrogens with zero attached hydrogens (tertiary/aromatic N) is 1. The lowest BCUT2D eigenvalue weighted by Crippen LogP contribution is -2.54. The minimum Gasteiger partial charge on any atom is -0.350 e. The van der Waals surface area contributed by atoms with Crippen molar-refractivity contribution in [1.82, 2.24) is 0 Å². The minimum atomic E-state index is -0.00563. The smallest absolute Gasteiger partial charge is 0.158 e. The fraction of sp³-hybridized carbons (Fsp3) is 0.750. The van der Waals surface area contributed by atoms with Gasteiger partial charge in [0.25, 0.3) is 0 Å². The second kappa shape index (κ2) is 9.07. The average molecular weight is 375 g/mol. The van der Waals surface area contributed by atoms with Crippen molar-refractivity contribution in [3.8, 4) is 0 Å². The van der Waals surface area contributed by atoms with Crippen LogP contribution < -0.4 is 0 Å². The highest BCUT2D eigenvalue weighted by Crippen LogP contribution is 2.31. The van der Waals surface area contributed by atoms with Gasteiger partial charge < -0.3 is 14.0 Å². The molecule has 3 nitrogen and oxygen atoms in total. The van der Waals surface area contributed by atoms with Crippen molar-refractivity contribution in [2.75, 3.05) is 26.2 Å². The Labute approximate surface area is 166 Å². The molecule has 3 heteroatoms. The van der Waals surface area contributed by atoms with Crippen molar-refractivity contribution < 1.29 is 14.0 Å². The first-order valence-corrected chi connectivity index (χ1v) is 11.0. The highest BCUT2D eigenvalue weighted by atomic mass is 16.7. The van der Waals surface area contributed by atoms with Gasteiger partial charge in [0.05, 0.1) is 19.7 Å². The second-order valence-electron chi connectivity index (χ2n) is 10.3. The number of rotatable bonds is 7. The van der Waals surface area contributed by atoms with E-state index in [2.05, 4.69) is 58.0 Å². The molecule has 1 aromatic carbocycles. The summed E-state index contributed by atoms with van der Waals surface area (Å²) in [5.41, 5.74) is 1.82. The molecule has 2 aliphatic rings. The van der Waals surface area contributed by atoms with Crippen molar-refractivity contribution in [2.45, 2.75) is 78.7 Å². The Hall–Kier alpha value is -0.900. The van der Waals surface area contributed by atoms with Gasteiger partial charge >= 0.3 is 0 Å². The number of ether oxygens (including phenoxy) is 2. The molecular weight excluding hydrogens is 334 g/mol. The van der Waals surface area contributed by atoms with E-state index in [0.29, 0.717) is 11.3 Å². The summed E-state index contributed by atoms with van der Waals surface area (Å²) < 4.78 is 13.6. The van der Waals surface area contributed by atoms with Crippen LogP contribution in [0.2, 0.25) is 0 Å². The maximum Gasteiger partial charge on any atom is 0.158 e. The van der Waals surface area contributed by atoms with Crippen molar-refractivity contribution >= 4 is 0 Å². The quantitative estimate of drug-likeness (QED) is 0.596. The van der Waals surface area contributed by atoms with E-state index >= 15 is 0 Å². The lowest BCUT2D eigenvalue weighted by atomic mass is 9.84. The van der Waals surface area contributed by atoms with Crippen LogP contribution in [0.5, 0.6) is 0 Å². The third kappa shape index (κ3) is 6.58. The molecule has 0 radical (unpaired) electrons. The van der Waals surface area contributed by atoms with E-state index < -0.39 is 0 Å². The SMILES string of the molecule is C[C@@H](C[C@H]1OC[C@H](C[N+]2(Cc3ccccc3)CCCCC2)O1)CC(C)(C)C. The van der Waals surface area contributed by atoms with Crippen LogP contribution in [-0.4, -0.2) is 43.1 Å². The number of likely N-dealkylation sites (tertiary alicyclic amines) is 1. The molecule has 0 aliphatic carbocycles. The zero-order valence-electron chi connectivity index (χ0n) is 18.0. The molecule has 0 amide bonds. The van der Waals surface area contributed by atoms with E-state index in [4.69, 9.17) is 9.47 Å². The zero-order valence-corrected chi connectivity index (χ0v) is 18.0. The summed E-state index contributed by atoms with van der Waals surface area (Å²) in [6, 6.07) is 11.0. The summed E-state index contributed by atoms with van der Waals surface area (Å²) in [5, 5.41) is 0. The van der Waals surface area contributed by atoms with E-state index in [-0.39, 0.29) is 12.4 Å². The summed E-state index contributed by atoms with van der Waals surface area (Å²) in [6.45, 7) is 14.8. The molecule has 27 heavy (non-hydrogen) atoms. The summed E-state index contributed by atoms with van der Waals surface area (Å²) in [5.74, 6) is 0.635. The maximum atomic E-state index is 6.37. The molecule has 0 aromatic heterocycles. The van der Waals surface area contributed by atoms with E-state index in [1.807, 2.05) is 0 Å². The number of hydrogen-bond acceptors (Lipinski definition) is 2. The minimum absolute atomic E-state index is 0.00563. The van der Waals surface area contributed by atoms with Crippen LogP contribution in [0, 0.1) is 11.3 Å². The Morgan fingerprint density at radius 2 is 1.78 bits per heavy atom. The molecule has 1 aromatic rings. The van der Waals surface area contributed by atoms with Crippen molar-refractivity contribution in [3.63, 3.8) is 0 Å². The first-order valence-electron chi connectivity index (χ1n) is 11.0. The van der Waals surface area contributed by atoms with Gasteiger partial charge in [-0.1, -0.05) is 58.0 Å². The van der Waals surface area contributed by atoms with Gasteiger partial charge in [-0.2, -0.15) is 0 Å². The fourth-order valence-corrected chi connectivity index (χ4v) is 5.18. The molecule has 152 valence electrons. The normalized spacial score (nSPS) is 26.8. The topological polar surface area (TPSA) is 18.5 Å². The van der Waals surface area contributed by atoms with Crippen molar-refractivity contribution in [2.24, 2.45) is 11.3 Å². The van der Waals surface area contributed by atoms with Crippen LogP contribution in [0.4, 0.5) is 0 Å². The van der Waals surface area contributed by atoms with Crippen LogP contribution in [0.3, 0.4) is 0 Å². The summed E-state index contributed by atoms with van der Waals surface area (Å²) in [4.78, 5) is 0. The molecule has 0 unspecified atom stereocenters. The van der Waals surface area contributed by atoms with Crippen LogP contribution in [0.1, 0.15) is 65.4 Å². The Kier molecular flexibility index (Phi) is 6.99. The third-order valence-corrected chi connectivity index (χ3v) is 6.08. The molecule has 2 saturated heterocycles. The molecule has 0 N–H and O–H groups in total. The molecular formula is C24H40NO2+. The molecule has 2 heterocycles. The largest absolute Gasteiger partial charge is 0.350 e. The lowest BCUT2D eigenvalue weighted by molar-refractivity contribution is -0.947.